The molecule has 1 atom stereocenters. The molecule has 0 aliphatic carbocycles. The molecule has 0 aromatic heterocycles. The molecule has 94 valence electrons. The van der Waals surface area contributed by atoms with E-state index in [0.717, 1.165) is 22.3 Å². The summed E-state index contributed by atoms with van der Waals surface area (Å²) in [5.74, 6) is -0.240. The zero-order valence-corrected chi connectivity index (χ0v) is 11.1. The van der Waals surface area contributed by atoms with Crippen molar-refractivity contribution in [3.63, 3.8) is 0 Å². The maximum atomic E-state index is 13.1. The standard InChI is InChI=1S/C15H15ClFN/c1-9-7-11(16)3-5-13(9)15(18)14-6-4-12(17)8-10(14)2/h3-8,15H,18H2,1-2H3. The molecule has 1 nitrogen and oxygen atoms in total. The van der Waals surface area contributed by atoms with Gasteiger partial charge in [-0.1, -0.05) is 23.7 Å². The Morgan fingerprint density at radius 3 is 2.11 bits per heavy atom. The van der Waals surface area contributed by atoms with Gasteiger partial charge < -0.3 is 5.73 Å². The molecule has 0 heterocycles. The Kier molecular flexibility index (Phi) is 3.69. The van der Waals surface area contributed by atoms with Crippen LogP contribution in [0, 0.1) is 19.7 Å². The zero-order chi connectivity index (χ0) is 13.3. The molecule has 3 heteroatoms. The first-order valence-electron chi connectivity index (χ1n) is 5.76. The third kappa shape index (κ3) is 2.55. The summed E-state index contributed by atoms with van der Waals surface area (Å²) < 4.78 is 13.1. The molecule has 1 unspecified atom stereocenters. The lowest BCUT2D eigenvalue weighted by molar-refractivity contribution is 0.624. The van der Waals surface area contributed by atoms with Crippen molar-refractivity contribution in [3.05, 3.63) is 69.5 Å². The van der Waals surface area contributed by atoms with E-state index >= 15 is 0 Å². The summed E-state index contributed by atoms with van der Waals surface area (Å²) in [6.45, 7) is 3.84. The molecule has 2 aromatic rings. The van der Waals surface area contributed by atoms with Crippen molar-refractivity contribution in [2.24, 2.45) is 5.73 Å². The van der Waals surface area contributed by atoms with Crippen LogP contribution in [-0.2, 0) is 0 Å². The summed E-state index contributed by atoms with van der Waals surface area (Å²) in [6, 6.07) is 10.0. The number of hydrogen-bond acceptors (Lipinski definition) is 1. The Labute approximate surface area is 111 Å². The first-order chi connectivity index (χ1) is 8.49. The van der Waals surface area contributed by atoms with Crippen LogP contribution in [0.5, 0.6) is 0 Å². The van der Waals surface area contributed by atoms with E-state index in [1.165, 1.54) is 12.1 Å². The van der Waals surface area contributed by atoms with Gasteiger partial charge in [0, 0.05) is 5.02 Å². The van der Waals surface area contributed by atoms with Crippen LogP contribution in [-0.4, -0.2) is 0 Å². The Balaban J connectivity index is 2.44. The minimum Gasteiger partial charge on any atom is -0.320 e. The van der Waals surface area contributed by atoms with Crippen LogP contribution in [0.2, 0.25) is 5.02 Å². The van der Waals surface area contributed by atoms with Gasteiger partial charge in [-0.3, -0.25) is 0 Å². The molecule has 0 aliphatic heterocycles. The van der Waals surface area contributed by atoms with Crippen molar-refractivity contribution in [2.75, 3.05) is 0 Å². The third-order valence-corrected chi connectivity index (χ3v) is 3.37. The van der Waals surface area contributed by atoms with Gasteiger partial charge in [-0.15, -0.1) is 0 Å². The van der Waals surface area contributed by atoms with Gasteiger partial charge in [0.15, 0.2) is 0 Å². The van der Waals surface area contributed by atoms with E-state index in [0.29, 0.717) is 5.02 Å². The molecule has 0 radical (unpaired) electrons. The maximum Gasteiger partial charge on any atom is 0.123 e. The summed E-state index contributed by atoms with van der Waals surface area (Å²) >= 11 is 5.93. The SMILES string of the molecule is Cc1cc(F)ccc1C(N)c1ccc(Cl)cc1C. The van der Waals surface area contributed by atoms with Crippen LogP contribution in [0.1, 0.15) is 28.3 Å². The topological polar surface area (TPSA) is 26.0 Å². The van der Waals surface area contributed by atoms with Crippen LogP contribution in [0.3, 0.4) is 0 Å². The van der Waals surface area contributed by atoms with E-state index in [9.17, 15) is 4.39 Å². The van der Waals surface area contributed by atoms with E-state index in [1.54, 1.807) is 6.07 Å². The van der Waals surface area contributed by atoms with Gasteiger partial charge in [0.1, 0.15) is 5.82 Å². The third-order valence-electron chi connectivity index (χ3n) is 3.13. The Morgan fingerprint density at radius 2 is 1.56 bits per heavy atom. The van der Waals surface area contributed by atoms with Gasteiger partial charge >= 0.3 is 0 Å². The van der Waals surface area contributed by atoms with E-state index in [-0.39, 0.29) is 11.9 Å². The Bertz CT molecular complexity index is 529. The molecular formula is C15H15ClFN. The van der Waals surface area contributed by atoms with Crippen molar-refractivity contribution in [1.82, 2.24) is 0 Å². The van der Waals surface area contributed by atoms with E-state index in [2.05, 4.69) is 0 Å². The Hall–Kier alpha value is -1.38. The summed E-state index contributed by atoms with van der Waals surface area (Å²) in [5.41, 5.74) is 10.1. The molecule has 0 fully saturated rings. The summed E-state index contributed by atoms with van der Waals surface area (Å²) in [4.78, 5) is 0. The highest BCUT2D eigenvalue weighted by molar-refractivity contribution is 6.30. The predicted octanol–water partition coefficient (Wildman–Crippen LogP) is 4.14. The normalized spacial score (nSPS) is 12.5. The van der Waals surface area contributed by atoms with Crippen molar-refractivity contribution in [3.8, 4) is 0 Å². The van der Waals surface area contributed by atoms with Crippen LogP contribution in [0.25, 0.3) is 0 Å². The minimum atomic E-state index is -0.261. The summed E-state index contributed by atoms with van der Waals surface area (Å²) in [6.07, 6.45) is 0. The van der Waals surface area contributed by atoms with Gasteiger partial charge in [-0.25, -0.2) is 4.39 Å². The number of halogens is 2. The zero-order valence-electron chi connectivity index (χ0n) is 10.4. The fourth-order valence-corrected chi connectivity index (χ4v) is 2.37. The summed E-state index contributed by atoms with van der Waals surface area (Å²) in [7, 11) is 0. The lowest BCUT2D eigenvalue weighted by Crippen LogP contribution is -2.14. The number of benzene rings is 2. The highest BCUT2D eigenvalue weighted by Gasteiger charge is 2.14. The fourth-order valence-electron chi connectivity index (χ4n) is 2.14. The molecule has 0 saturated heterocycles. The van der Waals surface area contributed by atoms with Crippen molar-refractivity contribution in [1.29, 1.82) is 0 Å². The molecule has 0 amide bonds. The van der Waals surface area contributed by atoms with Crippen LogP contribution < -0.4 is 5.73 Å². The number of hydrogen-bond donors (Lipinski definition) is 1. The number of nitrogens with two attached hydrogens (primary N) is 1. The van der Waals surface area contributed by atoms with E-state index in [4.69, 9.17) is 17.3 Å². The fraction of sp³-hybridized carbons (Fsp3) is 0.200. The van der Waals surface area contributed by atoms with Gasteiger partial charge in [0.05, 0.1) is 6.04 Å². The largest absolute Gasteiger partial charge is 0.320 e. The molecule has 0 spiro atoms. The molecule has 2 rings (SSSR count). The first-order valence-corrected chi connectivity index (χ1v) is 6.14. The van der Waals surface area contributed by atoms with Crippen molar-refractivity contribution in [2.45, 2.75) is 19.9 Å². The average molecular weight is 264 g/mol. The molecule has 2 N–H and O–H groups in total. The van der Waals surface area contributed by atoms with Crippen LogP contribution >= 0.6 is 11.6 Å². The van der Waals surface area contributed by atoms with Gasteiger partial charge in [-0.2, -0.15) is 0 Å². The lowest BCUT2D eigenvalue weighted by Gasteiger charge is -2.17. The average Bonchev–Trinajstić information content (AvgIpc) is 2.28. The van der Waals surface area contributed by atoms with Crippen molar-refractivity contribution < 1.29 is 4.39 Å². The minimum absolute atomic E-state index is 0.240. The molecule has 0 aliphatic rings. The molecule has 2 aromatic carbocycles. The second-order valence-corrected chi connectivity index (χ2v) is 4.92. The van der Waals surface area contributed by atoms with Gasteiger partial charge in [0.2, 0.25) is 0 Å². The maximum absolute atomic E-state index is 13.1. The quantitative estimate of drug-likeness (QED) is 0.866. The second-order valence-electron chi connectivity index (χ2n) is 4.48. The molecular weight excluding hydrogens is 249 g/mol. The summed E-state index contributed by atoms with van der Waals surface area (Å²) in [5, 5.41) is 0.694. The monoisotopic (exact) mass is 263 g/mol. The van der Waals surface area contributed by atoms with Crippen LogP contribution in [0.15, 0.2) is 36.4 Å². The lowest BCUT2D eigenvalue weighted by atomic mass is 9.93. The number of rotatable bonds is 2. The van der Waals surface area contributed by atoms with E-state index in [1.807, 2.05) is 32.0 Å². The molecule has 0 saturated carbocycles. The molecule has 18 heavy (non-hydrogen) atoms. The highest BCUT2D eigenvalue weighted by atomic mass is 35.5. The van der Waals surface area contributed by atoms with Crippen molar-refractivity contribution >= 4 is 11.6 Å². The second kappa shape index (κ2) is 5.09. The van der Waals surface area contributed by atoms with Gasteiger partial charge in [0.25, 0.3) is 0 Å². The highest BCUT2D eigenvalue weighted by Crippen LogP contribution is 2.27. The molecule has 0 bridgehead atoms. The van der Waals surface area contributed by atoms with Crippen LogP contribution in [0.4, 0.5) is 4.39 Å². The smallest absolute Gasteiger partial charge is 0.123 e. The van der Waals surface area contributed by atoms with E-state index < -0.39 is 0 Å². The Morgan fingerprint density at radius 1 is 1.00 bits per heavy atom. The first kappa shape index (κ1) is 13.1. The predicted molar refractivity (Wildman–Crippen MR) is 73.4 cm³/mol. The van der Waals surface area contributed by atoms with Gasteiger partial charge in [-0.05, 0) is 60.4 Å². The number of aryl methyl sites for hydroxylation is 2.